The van der Waals surface area contributed by atoms with E-state index in [1.165, 1.54) is 5.56 Å². The molecular formula is C13H17N3O. The standard InChI is InChI=1S/C13H17N3O/c1-9-5-6-10-11(7-9)16(4)15-12(10)13(2,3)14-8-17/h5-8H,1-4H3,(H,14,17). The molecule has 4 nitrogen and oxygen atoms in total. The fourth-order valence-electron chi connectivity index (χ4n) is 2.04. The number of nitrogens with one attached hydrogen (secondary N) is 1. The maximum absolute atomic E-state index is 10.6. The fourth-order valence-corrected chi connectivity index (χ4v) is 2.04. The Bertz CT molecular complexity index is 569. The molecule has 1 amide bonds. The molecule has 1 aromatic carbocycles. The second-order valence-corrected chi connectivity index (χ2v) is 4.88. The summed E-state index contributed by atoms with van der Waals surface area (Å²) in [5.41, 5.74) is 2.72. The first-order valence-corrected chi connectivity index (χ1v) is 5.61. The van der Waals surface area contributed by atoms with Crippen LogP contribution in [0.2, 0.25) is 0 Å². The largest absolute Gasteiger partial charge is 0.348 e. The molecule has 0 aliphatic heterocycles. The van der Waals surface area contributed by atoms with Crippen LogP contribution in [0.3, 0.4) is 0 Å². The van der Waals surface area contributed by atoms with Gasteiger partial charge in [-0.3, -0.25) is 9.48 Å². The van der Waals surface area contributed by atoms with Gasteiger partial charge >= 0.3 is 0 Å². The Balaban J connectivity index is 2.67. The molecule has 0 atom stereocenters. The van der Waals surface area contributed by atoms with Crippen molar-refractivity contribution in [2.24, 2.45) is 7.05 Å². The monoisotopic (exact) mass is 231 g/mol. The molecule has 0 bridgehead atoms. The molecule has 0 spiro atoms. The van der Waals surface area contributed by atoms with Gasteiger partial charge in [-0.1, -0.05) is 12.1 Å². The molecule has 0 saturated carbocycles. The van der Waals surface area contributed by atoms with Crippen LogP contribution in [0.1, 0.15) is 25.1 Å². The van der Waals surface area contributed by atoms with Crippen molar-refractivity contribution in [3.05, 3.63) is 29.5 Å². The summed E-state index contributed by atoms with van der Waals surface area (Å²) in [6, 6.07) is 6.22. The highest BCUT2D eigenvalue weighted by molar-refractivity contribution is 5.83. The van der Waals surface area contributed by atoms with E-state index in [2.05, 4.69) is 35.5 Å². The van der Waals surface area contributed by atoms with Crippen LogP contribution < -0.4 is 5.32 Å². The predicted octanol–water partition coefficient (Wildman–Crippen LogP) is 1.86. The van der Waals surface area contributed by atoms with Crippen LogP contribution in [0.25, 0.3) is 10.9 Å². The van der Waals surface area contributed by atoms with E-state index in [0.717, 1.165) is 16.6 Å². The Morgan fingerprint density at radius 1 is 1.41 bits per heavy atom. The van der Waals surface area contributed by atoms with E-state index in [1.807, 2.05) is 25.6 Å². The number of aryl methyl sites for hydroxylation is 2. The third kappa shape index (κ3) is 1.90. The van der Waals surface area contributed by atoms with Crippen LogP contribution in [-0.2, 0) is 17.4 Å². The molecule has 1 aromatic heterocycles. The van der Waals surface area contributed by atoms with Gasteiger partial charge in [0.1, 0.15) is 0 Å². The summed E-state index contributed by atoms with van der Waals surface area (Å²) in [7, 11) is 1.92. The Morgan fingerprint density at radius 3 is 2.76 bits per heavy atom. The molecule has 4 heteroatoms. The number of aromatic nitrogens is 2. The number of rotatable bonds is 3. The quantitative estimate of drug-likeness (QED) is 0.820. The number of hydrogen-bond acceptors (Lipinski definition) is 2. The van der Waals surface area contributed by atoms with Gasteiger partial charge in [0.25, 0.3) is 0 Å². The van der Waals surface area contributed by atoms with Gasteiger partial charge in [-0.25, -0.2) is 0 Å². The van der Waals surface area contributed by atoms with Crippen LogP contribution >= 0.6 is 0 Å². The summed E-state index contributed by atoms with van der Waals surface area (Å²) in [6.45, 7) is 5.95. The maximum Gasteiger partial charge on any atom is 0.207 e. The normalized spacial score (nSPS) is 11.8. The Labute approximate surface area is 101 Å². The molecule has 0 radical (unpaired) electrons. The first-order chi connectivity index (χ1) is 7.95. The van der Waals surface area contributed by atoms with E-state index in [9.17, 15) is 4.79 Å². The molecule has 0 aliphatic rings. The Morgan fingerprint density at radius 2 is 2.12 bits per heavy atom. The highest BCUT2D eigenvalue weighted by Gasteiger charge is 2.25. The van der Waals surface area contributed by atoms with Crippen molar-refractivity contribution in [3.63, 3.8) is 0 Å². The van der Waals surface area contributed by atoms with E-state index in [4.69, 9.17) is 0 Å². The number of nitrogens with zero attached hydrogens (tertiary/aromatic N) is 2. The van der Waals surface area contributed by atoms with Gasteiger partial charge in [0.2, 0.25) is 6.41 Å². The average molecular weight is 231 g/mol. The summed E-state index contributed by atoms with van der Waals surface area (Å²) in [6.07, 6.45) is 0.717. The van der Waals surface area contributed by atoms with Crippen molar-refractivity contribution < 1.29 is 4.79 Å². The molecule has 2 rings (SSSR count). The van der Waals surface area contributed by atoms with Crippen LogP contribution in [0.5, 0.6) is 0 Å². The van der Waals surface area contributed by atoms with Crippen molar-refractivity contribution >= 4 is 17.3 Å². The van der Waals surface area contributed by atoms with Gasteiger partial charge in [-0.2, -0.15) is 5.10 Å². The molecule has 90 valence electrons. The minimum absolute atomic E-state index is 0.462. The van der Waals surface area contributed by atoms with Crippen molar-refractivity contribution in [2.45, 2.75) is 26.3 Å². The highest BCUT2D eigenvalue weighted by atomic mass is 16.1. The summed E-state index contributed by atoms with van der Waals surface area (Å²) in [5, 5.41) is 8.40. The van der Waals surface area contributed by atoms with E-state index >= 15 is 0 Å². The van der Waals surface area contributed by atoms with Gasteiger partial charge in [-0.05, 0) is 32.4 Å². The lowest BCUT2D eigenvalue weighted by Crippen LogP contribution is -2.36. The zero-order valence-corrected chi connectivity index (χ0v) is 10.6. The zero-order chi connectivity index (χ0) is 12.6. The summed E-state index contributed by atoms with van der Waals surface area (Å²) in [4.78, 5) is 10.6. The maximum atomic E-state index is 10.6. The fraction of sp³-hybridized carbons (Fsp3) is 0.385. The molecule has 1 N–H and O–H groups in total. The van der Waals surface area contributed by atoms with Crippen LogP contribution in [0.15, 0.2) is 18.2 Å². The molecular weight excluding hydrogens is 214 g/mol. The first kappa shape index (κ1) is 11.6. The van der Waals surface area contributed by atoms with Gasteiger partial charge < -0.3 is 5.32 Å². The van der Waals surface area contributed by atoms with Gasteiger partial charge in [-0.15, -0.1) is 0 Å². The lowest BCUT2D eigenvalue weighted by Gasteiger charge is -2.21. The number of carbonyl (C=O) groups is 1. The molecule has 0 fully saturated rings. The van der Waals surface area contributed by atoms with Crippen molar-refractivity contribution in [1.82, 2.24) is 15.1 Å². The molecule has 0 aliphatic carbocycles. The van der Waals surface area contributed by atoms with Gasteiger partial charge in [0.05, 0.1) is 16.7 Å². The Kier molecular flexibility index (Phi) is 2.65. The average Bonchev–Trinajstić information content (AvgIpc) is 2.57. The third-order valence-electron chi connectivity index (χ3n) is 3.02. The van der Waals surface area contributed by atoms with Gasteiger partial charge in [0, 0.05) is 12.4 Å². The summed E-state index contributed by atoms with van der Waals surface area (Å²) in [5.74, 6) is 0. The highest BCUT2D eigenvalue weighted by Crippen LogP contribution is 2.27. The summed E-state index contributed by atoms with van der Waals surface area (Å²) >= 11 is 0. The molecule has 0 unspecified atom stereocenters. The van der Waals surface area contributed by atoms with Crippen LogP contribution in [0.4, 0.5) is 0 Å². The molecule has 1 heterocycles. The lowest BCUT2D eigenvalue weighted by molar-refractivity contribution is -0.111. The van der Waals surface area contributed by atoms with Crippen LogP contribution in [0, 0.1) is 6.92 Å². The predicted molar refractivity (Wildman–Crippen MR) is 67.7 cm³/mol. The van der Waals surface area contributed by atoms with Crippen molar-refractivity contribution in [2.75, 3.05) is 0 Å². The zero-order valence-electron chi connectivity index (χ0n) is 10.6. The van der Waals surface area contributed by atoms with Crippen molar-refractivity contribution in [1.29, 1.82) is 0 Å². The minimum Gasteiger partial charge on any atom is -0.348 e. The lowest BCUT2D eigenvalue weighted by atomic mass is 9.97. The van der Waals surface area contributed by atoms with Crippen LogP contribution in [-0.4, -0.2) is 16.2 Å². The number of carbonyl (C=O) groups excluding carboxylic acids is 1. The van der Waals surface area contributed by atoms with E-state index < -0.39 is 5.54 Å². The number of benzene rings is 1. The number of fused-ring (bicyclic) bond motifs is 1. The van der Waals surface area contributed by atoms with Gasteiger partial charge in [0.15, 0.2) is 0 Å². The molecule has 2 aromatic rings. The smallest absolute Gasteiger partial charge is 0.207 e. The van der Waals surface area contributed by atoms with Crippen molar-refractivity contribution in [3.8, 4) is 0 Å². The second-order valence-electron chi connectivity index (χ2n) is 4.88. The first-order valence-electron chi connectivity index (χ1n) is 5.61. The molecule has 17 heavy (non-hydrogen) atoms. The molecule has 0 saturated heterocycles. The van der Waals surface area contributed by atoms with E-state index in [0.29, 0.717) is 6.41 Å². The SMILES string of the molecule is Cc1ccc2c(C(C)(C)NC=O)nn(C)c2c1. The van der Waals surface area contributed by atoms with E-state index in [-0.39, 0.29) is 0 Å². The summed E-state index contributed by atoms with van der Waals surface area (Å²) < 4.78 is 1.85. The Hall–Kier alpha value is -1.84. The third-order valence-corrected chi connectivity index (χ3v) is 3.02. The number of hydrogen-bond donors (Lipinski definition) is 1. The minimum atomic E-state index is -0.462. The number of amides is 1. The topological polar surface area (TPSA) is 46.9 Å². The second kappa shape index (κ2) is 3.87. The van der Waals surface area contributed by atoms with E-state index in [1.54, 1.807) is 0 Å².